The van der Waals surface area contributed by atoms with Gasteiger partial charge in [0.25, 0.3) is 5.91 Å². The number of primary sulfonamides is 1. The quantitative estimate of drug-likeness (QED) is 0.546. The third-order valence-corrected chi connectivity index (χ3v) is 7.40. The van der Waals surface area contributed by atoms with Gasteiger partial charge in [0, 0.05) is 24.3 Å². The lowest BCUT2D eigenvalue weighted by Crippen LogP contribution is -2.56. The molecule has 168 valence electrons. The van der Waals surface area contributed by atoms with Crippen molar-refractivity contribution in [2.24, 2.45) is 5.14 Å². The summed E-state index contributed by atoms with van der Waals surface area (Å²) in [6.07, 6.45) is 4.94. The maximum atomic E-state index is 13.3. The predicted octanol–water partition coefficient (Wildman–Crippen LogP) is 1.94. The molecule has 1 amide bonds. The van der Waals surface area contributed by atoms with Crippen molar-refractivity contribution in [1.82, 2.24) is 19.4 Å². The number of nitrogens with two attached hydrogens (primary N) is 1. The molecule has 1 spiro atoms. The number of aromatic nitrogens is 3. The van der Waals surface area contributed by atoms with E-state index in [1.54, 1.807) is 25.4 Å². The molecule has 1 atom stereocenters. The van der Waals surface area contributed by atoms with Crippen molar-refractivity contribution in [2.75, 3.05) is 12.4 Å². The van der Waals surface area contributed by atoms with Gasteiger partial charge >= 0.3 is 0 Å². The largest absolute Gasteiger partial charge is 0.368 e. The fourth-order valence-electron chi connectivity index (χ4n) is 4.87. The molecule has 3 aromatic rings. The number of nitrogens with zero attached hydrogens (tertiary/aromatic N) is 4. The minimum absolute atomic E-state index is 0.0101. The zero-order chi connectivity index (χ0) is 22.7. The van der Waals surface area contributed by atoms with Gasteiger partial charge in [-0.25, -0.2) is 18.5 Å². The van der Waals surface area contributed by atoms with Crippen molar-refractivity contribution >= 4 is 38.6 Å². The monoisotopic (exact) mass is 456 g/mol. The zero-order valence-electron chi connectivity index (χ0n) is 17.5. The fourth-order valence-corrected chi connectivity index (χ4v) is 5.39. The Kier molecular flexibility index (Phi) is 4.73. The van der Waals surface area contributed by atoms with Crippen molar-refractivity contribution in [3.8, 4) is 0 Å². The summed E-state index contributed by atoms with van der Waals surface area (Å²) in [6, 6.07) is 7.79. The number of carbonyl (C=O) groups excluding carboxylic acids is 1. The Labute approximate surface area is 185 Å². The molecule has 10 nitrogen and oxygen atoms in total. The highest BCUT2D eigenvalue weighted by atomic mass is 32.2. The molecule has 4 N–H and O–H groups in total. The Morgan fingerprint density at radius 1 is 1.19 bits per heavy atom. The van der Waals surface area contributed by atoms with Gasteiger partial charge in [0.05, 0.1) is 10.6 Å². The molecule has 1 saturated carbocycles. The topological polar surface area (TPSA) is 143 Å². The SMILES string of the molecule is CN1C(=O)C2(CCCCC2)n2c(cc3cnc(Nc4ccc(S(N)(=O)=O)cc4)nc32)C1O. The summed E-state index contributed by atoms with van der Waals surface area (Å²) < 4.78 is 24.8. The first kappa shape index (κ1) is 20.9. The first-order chi connectivity index (χ1) is 15.2. The molecule has 1 aliphatic heterocycles. The second kappa shape index (κ2) is 7.26. The Morgan fingerprint density at radius 2 is 1.88 bits per heavy atom. The van der Waals surface area contributed by atoms with Gasteiger partial charge in [-0.3, -0.25) is 4.79 Å². The highest BCUT2D eigenvalue weighted by molar-refractivity contribution is 7.89. The van der Waals surface area contributed by atoms with E-state index in [4.69, 9.17) is 5.14 Å². The van der Waals surface area contributed by atoms with Crippen molar-refractivity contribution in [1.29, 1.82) is 0 Å². The molecule has 11 heteroatoms. The molecule has 2 aromatic heterocycles. The summed E-state index contributed by atoms with van der Waals surface area (Å²) in [5.74, 6) is 0.204. The van der Waals surface area contributed by atoms with Crippen LogP contribution in [-0.4, -0.2) is 45.9 Å². The first-order valence-corrected chi connectivity index (χ1v) is 12.0. The summed E-state index contributed by atoms with van der Waals surface area (Å²) in [4.78, 5) is 23.8. The molecule has 5 rings (SSSR count). The summed E-state index contributed by atoms with van der Waals surface area (Å²) in [7, 11) is -2.14. The molecule has 32 heavy (non-hydrogen) atoms. The molecule has 2 aliphatic rings. The molecule has 1 unspecified atom stereocenters. The second-order valence-corrected chi connectivity index (χ2v) is 10.0. The molecular formula is C21H24N6O4S. The van der Waals surface area contributed by atoms with Crippen LogP contribution in [0.25, 0.3) is 11.0 Å². The van der Waals surface area contributed by atoms with Crippen molar-refractivity contribution < 1.29 is 18.3 Å². The molecule has 1 aliphatic carbocycles. The Hall–Kier alpha value is -3.02. The number of rotatable bonds is 3. The maximum absolute atomic E-state index is 13.3. The summed E-state index contributed by atoms with van der Waals surface area (Å²) in [6.45, 7) is 0. The van der Waals surface area contributed by atoms with E-state index in [0.717, 1.165) is 24.6 Å². The highest BCUT2D eigenvalue weighted by Gasteiger charge is 2.50. The second-order valence-electron chi connectivity index (χ2n) is 8.45. The first-order valence-electron chi connectivity index (χ1n) is 10.4. The van der Waals surface area contributed by atoms with Gasteiger partial charge in [0.1, 0.15) is 11.2 Å². The Morgan fingerprint density at radius 3 is 2.53 bits per heavy atom. The average molecular weight is 457 g/mol. The van der Waals surface area contributed by atoms with Crippen LogP contribution in [0.1, 0.15) is 44.0 Å². The van der Waals surface area contributed by atoms with E-state index in [1.807, 2.05) is 10.6 Å². The zero-order valence-corrected chi connectivity index (χ0v) is 18.3. The van der Waals surface area contributed by atoms with Crippen molar-refractivity contribution in [3.05, 3.63) is 42.2 Å². The predicted molar refractivity (Wildman–Crippen MR) is 117 cm³/mol. The molecule has 0 radical (unpaired) electrons. The number of sulfonamides is 1. The highest BCUT2D eigenvalue weighted by Crippen LogP contribution is 2.45. The number of carbonyl (C=O) groups is 1. The third kappa shape index (κ3) is 3.15. The lowest BCUT2D eigenvalue weighted by atomic mass is 9.79. The minimum Gasteiger partial charge on any atom is -0.368 e. The standard InChI is InChI=1S/C21H24N6O4S/c1-26-18(28)16-11-13-12-23-20(24-14-5-7-15(8-6-14)32(22,30)31)25-17(13)27(16)21(19(26)29)9-3-2-4-10-21/h5-8,11-12,18,28H,2-4,9-10H2,1H3,(H2,22,30,31)(H,23,24,25). The number of hydrogen-bond donors (Lipinski definition) is 3. The van der Waals surface area contributed by atoms with E-state index in [2.05, 4.69) is 15.3 Å². The number of nitrogens with one attached hydrogen (secondary N) is 1. The van der Waals surface area contributed by atoms with Gasteiger partial charge < -0.3 is 19.9 Å². The van der Waals surface area contributed by atoms with Crippen LogP contribution in [0, 0.1) is 0 Å². The molecule has 3 heterocycles. The van der Waals surface area contributed by atoms with Gasteiger partial charge in [-0.1, -0.05) is 19.3 Å². The number of aliphatic hydroxyl groups excluding tert-OH is 1. The van der Waals surface area contributed by atoms with E-state index in [-0.39, 0.29) is 10.8 Å². The smallest absolute Gasteiger partial charge is 0.250 e. The van der Waals surface area contributed by atoms with E-state index in [1.165, 1.54) is 17.0 Å². The van der Waals surface area contributed by atoms with Crippen LogP contribution in [0.5, 0.6) is 0 Å². The molecule has 1 aromatic carbocycles. The third-order valence-electron chi connectivity index (χ3n) is 6.47. The van der Waals surface area contributed by atoms with Crippen LogP contribution in [0.4, 0.5) is 11.6 Å². The van der Waals surface area contributed by atoms with Crippen molar-refractivity contribution in [2.45, 2.75) is 48.8 Å². The molecule has 0 saturated heterocycles. The van der Waals surface area contributed by atoms with E-state index in [9.17, 15) is 18.3 Å². The Balaban J connectivity index is 1.59. The van der Waals surface area contributed by atoms with E-state index >= 15 is 0 Å². The van der Waals surface area contributed by atoms with E-state index < -0.39 is 21.8 Å². The lowest BCUT2D eigenvalue weighted by molar-refractivity contribution is -0.157. The van der Waals surface area contributed by atoms with Crippen molar-refractivity contribution in [3.63, 3.8) is 0 Å². The summed E-state index contributed by atoms with van der Waals surface area (Å²) in [5, 5.41) is 19.7. The number of aliphatic hydroxyl groups is 1. The van der Waals surface area contributed by atoms with Crippen LogP contribution in [0.2, 0.25) is 0 Å². The van der Waals surface area contributed by atoms with Gasteiger partial charge in [-0.2, -0.15) is 4.98 Å². The van der Waals surface area contributed by atoms with Gasteiger partial charge in [0.2, 0.25) is 16.0 Å². The summed E-state index contributed by atoms with van der Waals surface area (Å²) in [5.41, 5.74) is 1.05. The maximum Gasteiger partial charge on any atom is 0.250 e. The summed E-state index contributed by atoms with van der Waals surface area (Å²) >= 11 is 0. The van der Waals surface area contributed by atoms with Gasteiger partial charge in [0.15, 0.2) is 6.23 Å². The van der Waals surface area contributed by atoms with Crippen LogP contribution in [0.15, 0.2) is 41.4 Å². The Bertz CT molecular complexity index is 1310. The molecular weight excluding hydrogens is 432 g/mol. The van der Waals surface area contributed by atoms with Crippen LogP contribution in [-0.2, 0) is 20.4 Å². The fraction of sp³-hybridized carbons (Fsp3) is 0.381. The van der Waals surface area contributed by atoms with E-state index in [0.29, 0.717) is 35.8 Å². The minimum atomic E-state index is -3.78. The molecule has 1 fully saturated rings. The van der Waals surface area contributed by atoms with Gasteiger partial charge in [-0.05, 0) is 43.2 Å². The molecule has 0 bridgehead atoms. The average Bonchev–Trinajstić information content (AvgIpc) is 3.16. The normalized spacial score (nSPS) is 20.5. The van der Waals surface area contributed by atoms with Crippen LogP contribution < -0.4 is 10.5 Å². The number of likely N-dealkylation sites (N-methyl/N-ethyl adjacent to an activating group) is 1. The number of fused-ring (bicyclic) bond motifs is 4. The number of benzene rings is 1. The lowest BCUT2D eigenvalue weighted by Gasteiger charge is -2.46. The number of anilines is 2. The van der Waals surface area contributed by atoms with Crippen LogP contribution in [0.3, 0.4) is 0 Å². The number of amides is 1. The number of hydrogen-bond acceptors (Lipinski definition) is 7. The van der Waals surface area contributed by atoms with Crippen LogP contribution >= 0.6 is 0 Å². The van der Waals surface area contributed by atoms with Gasteiger partial charge in [-0.15, -0.1) is 0 Å².